The normalized spacial score (nSPS) is 17.1. The number of hydrogen-bond acceptors (Lipinski definition) is 4. The molecule has 6 heteroatoms. The number of likely N-dealkylation sites (tertiary alicyclic amines) is 1. The van der Waals surface area contributed by atoms with E-state index in [0.29, 0.717) is 6.61 Å². The smallest absolute Gasteiger partial charge is 0.286 e. The van der Waals surface area contributed by atoms with Gasteiger partial charge in [-0.1, -0.05) is 0 Å². The number of nitriles is 1. The number of ether oxygens (including phenoxy) is 1. The number of carbonyl (C=O) groups is 1. The fourth-order valence-electron chi connectivity index (χ4n) is 2.41. The quantitative estimate of drug-likeness (QED) is 0.426. The summed E-state index contributed by atoms with van der Waals surface area (Å²) in [5, 5.41) is 8.30. The molecular weight excluding hydrogens is 260 g/mol. The van der Waals surface area contributed by atoms with Crippen LogP contribution in [-0.2, 0) is 14.0 Å². The molecule has 0 spiro atoms. The lowest BCUT2D eigenvalue weighted by Crippen LogP contribution is -2.44. The molecule has 1 aliphatic rings. The van der Waals surface area contributed by atoms with E-state index in [-0.39, 0.29) is 12.0 Å². The van der Waals surface area contributed by atoms with Crippen LogP contribution in [0.15, 0.2) is 0 Å². The van der Waals surface area contributed by atoms with Crippen molar-refractivity contribution in [2.75, 3.05) is 19.7 Å². The molecule has 1 aliphatic heterocycles. The fourth-order valence-corrected chi connectivity index (χ4v) is 4.67. The number of nitrogens with zero attached hydrogens (tertiary/aromatic N) is 2. The summed E-state index contributed by atoms with van der Waals surface area (Å²) in [4.78, 5) is 13.1. The highest BCUT2D eigenvalue weighted by Gasteiger charge is 2.29. The molecule has 0 atom stereocenters. The number of piperidine rings is 1. The lowest BCUT2D eigenvalue weighted by atomic mass is 10.1. The Morgan fingerprint density at radius 3 is 2.58 bits per heavy atom. The van der Waals surface area contributed by atoms with E-state index in [4.69, 9.17) is 9.69 Å². The first-order valence-corrected chi connectivity index (χ1v) is 10.0. The zero-order chi connectivity index (χ0) is 14.3. The molecule has 1 rings (SSSR count). The van der Waals surface area contributed by atoms with Crippen molar-refractivity contribution in [3.63, 3.8) is 0 Å². The second-order valence-electron chi connectivity index (χ2n) is 5.63. The zero-order valence-corrected chi connectivity index (χ0v) is 13.1. The van der Waals surface area contributed by atoms with E-state index in [0.717, 1.165) is 38.4 Å². The van der Waals surface area contributed by atoms with Gasteiger partial charge in [0.15, 0.2) is 8.32 Å². The van der Waals surface area contributed by atoms with E-state index >= 15 is 0 Å². The first-order valence-electron chi connectivity index (χ1n) is 6.89. The molecule has 1 saturated heterocycles. The molecule has 0 aromatic rings. The summed E-state index contributed by atoms with van der Waals surface area (Å²) in [6, 6.07) is 1.00. The molecule has 0 unspecified atom stereocenters. The van der Waals surface area contributed by atoms with Gasteiger partial charge in [-0.25, -0.2) is 0 Å². The van der Waals surface area contributed by atoms with E-state index in [2.05, 4.69) is 17.8 Å². The van der Waals surface area contributed by atoms with Gasteiger partial charge in [-0.15, -0.1) is 0 Å². The second kappa shape index (κ2) is 7.51. The lowest BCUT2D eigenvalue weighted by Gasteiger charge is -2.36. The summed E-state index contributed by atoms with van der Waals surface area (Å²) < 4.78 is 10.9. The summed E-state index contributed by atoms with van der Waals surface area (Å²) >= 11 is 0. The molecule has 0 bridgehead atoms. The van der Waals surface area contributed by atoms with Gasteiger partial charge in [0, 0.05) is 26.1 Å². The Labute approximate surface area is 116 Å². The minimum absolute atomic E-state index is 0.156. The molecule has 1 fully saturated rings. The molecular formula is C13H24N2O3Si. The van der Waals surface area contributed by atoms with Crippen LogP contribution in [0.4, 0.5) is 0 Å². The largest absolute Gasteiger partial charge is 0.428 e. The Morgan fingerprint density at radius 2 is 2.05 bits per heavy atom. The van der Waals surface area contributed by atoms with Crippen molar-refractivity contribution < 1.29 is 14.0 Å². The van der Waals surface area contributed by atoms with Crippen LogP contribution >= 0.6 is 0 Å². The molecule has 0 aromatic heterocycles. The Morgan fingerprint density at radius 1 is 1.42 bits per heavy atom. The number of carbonyl (C=O) groups excluding carboxylic acids is 1. The van der Waals surface area contributed by atoms with E-state index in [9.17, 15) is 4.79 Å². The summed E-state index contributed by atoms with van der Waals surface area (Å²) in [6.07, 6.45) is 4.72. The van der Waals surface area contributed by atoms with Gasteiger partial charge in [-0.2, -0.15) is 5.26 Å². The van der Waals surface area contributed by atoms with Gasteiger partial charge in [0.2, 0.25) is 5.91 Å². The van der Waals surface area contributed by atoms with E-state index < -0.39 is 8.32 Å². The molecule has 0 aliphatic carbocycles. The van der Waals surface area contributed by atoms with Gasteiger partial charge < -0.3 is 14.1 Å². The van der Waals surface area contributed by atoms with Gasteiger partial charge in [-0.05, 0) is 38.4 Å². The average molecular weight is 284 g/mol. The first-order chi connectivity index (χ1) is 8.94. The molecule has 0 N–H and O–H groups in total. The molecule has 0 saturated carbocycles. The van der Waals surface area contributed by atoms with Crippen LogP contribution in [0.5, 0.6) is 0 Å². The van der Waals surface area contributed by atoms with E-state index in [1.807, 2.05) is 4.90 Å². The highest BCUT2D eigenvalue weighted by molar-refractivity contribution is 6.71. The predicted molar refractivity (Wildman–Crippen MR) is 74.8 cm³/mol. The van der Waals surface area contributed by atoms with Crippen LogP contribution < -0.4 is 0 Å². The third-order valence-electron chi connectivity index (χ3n) is 3.46. The predicted octanol–water partition coefficient (Wildman–Crippen LogP) is 2.11. The van der Waals surface area contributed by atoms with Crippen molar-refractivity contribution in [2.24, 2.45) is 0 Å². The van der Waals surface area contributed by atoms with Crippen LogP contribution in [0.1, 0.15) is 26.2 Å². The van der Waals surface area contributed by atoms with Gasteiger partial charge in [0.25, 0.3) is 6.26 Å². The molecule has 0 aromatic carbocycles. The minimum atomic E-state index is -1.68. The third kappa shape index (κ3) is 6.08. The van der Waals surface area contributed by atoms with Crippen LogP contribution in [0.25, 0.3) is 0 Å². The molecule has 0 radical (unpaired) electrons. The van der Waals surface area contributed by atoms with E-state index in [1.54, 1.807) is 13.2 Å². The fraction of sp³-hybridized carbons (Fsp3) is 0.846. The number of rotatable bonds is 6. The van der Waals surface area contributed by atoms with E-state index in [1.165, 1.54) is 0 Å². The average Bonchev–Trinajstić information content (AvgIpc) is 2.35. The van der Waals surface area contributed by atoms with Crippen LogP contribution in [0.2, 0.25) is 19.1 Å². The summed E-state index contributed by atoms with van der Waals surface area (Å²) in [7, 11) is -1.68. The Kier molecular flexibility index (Phi) is 6.32. The summed E-state index contributed by atoms with van der Waals surface area (Å²) in [5.41, 5.74) is 0. The van der Waals surface area contributed by atoms with Crippen LogP contribution in [0.3, 0.4) is 0 Å². The summed E-state index contributed by atoms with van der Waals surface area (Å²) in [5.74, 6) is 0.156. The monoisotopic (exact) mass is 284 g/mol. The molecule has 1 heterocycles. The standard InChI is InChI=1S/C13H24N2O3Si/c1-12(16)15-7-5-13(6-8-15)18-19(2,3)10-4-9-17-11-14/h13H,4-10H2,1-3H3. The molecule has 5 nitrogen and oxygen atoms in total. The van der Waals surface area contributed by atoms with Gasteiger partial charge >= 0.3 is 0 Å². The zero-order valence-electron chi connectivity index (χ0n) is 12.1. The van der Waals surface area contributed by atoms with Crippen molar-refractivity contribution >= 4 is 14.2 Å². The highest BCUT2D eigenvalue weighted by atomic mass is 28.4. The maximum Gasteiger partial charge on any atom is 0.286 e. The maximum atomic E-state index is 11.2. The van der Waals surface area contributed by atoms with Crippen molar-refractivity contribution in [1.82, 2.24) is 4.90 Å². The molecule has 1 amide bonds. The van der Waals surface area contributed by atoms with Crippen LogP contribution in [-0.4, -0.2) is 44.9 Å². The first kappa shape index (κ1) is 16.0. The molecule has 108 valence electrons. The van der Waals surface area contributed by atoms with Crippen molar-refractivity contribution in [1.29, 1.82) is 5.26 Å². The summed E-state index contributed by atoms with van der Waals surface area (Å²) in [6.45, 7) is 8.13. The van der Waals surface area contributed by atoms with Gasteiger partial charge in [0.05, 0.1) is 0 Å². The van der Waals surface area contributed by atoms with Crippen molar-refractivity contribution in [2.45, 2.75) is 51.4 Å². The molecule has 19 heavy (non-hydrogen) atoms. The highest BCUT2D eigenvalue weighted by Crippen LogP contribution is 2.22. The Balaban J connectivity index is 2.26. The Bertz CT molecular complexity index is 333. The van der Waals surface area contributed by atoms with Gasteiger partial charge in [-0.3, -0.25) is 4.79 Å². The number of amides is 1. The van der Waals surface area contributed by atoms with Crippen molar-refractivity contribution in [3.8, 4) is 6.26 Å². The van der Waals surface area contributed by atoms with Gasteiger partial charge in [0.1, 0.15) is 6.61 Å². The third-order valence-corrected chi connectivity index (χ3v) is 5.99. The van der Waals surface area contributed by atoms with Crippen LogP contribution in [0, 0.1) is 11.5 Å². The minimum Gasteiger partial charge on any atom is -0.428 e. The maximum absolute atomic E-state index is 11.2. The Hall–Kier alpha value is -1.06. The number of hydrogen-bond donors (Lipinski definition) is 0. The second-order valence-corrected chi connectivity index (χ2v) is 9.88. The SMILES string of the molecule is CC(=O)N1CCC(O[Si](C)(C)CCCOC#N)CC1. The topological polar surface area (TPSA) is 62.6 Å². The lowest BCUT2D eigenvalue weighted by molar-refractivity contribution is -0.130. The van der Waals surface area contributed by atoms with Crippen molar-refractivity contribution in [3.05, 3.63) is 0 Å².